The molecular weight excluding hydrogens is 303 g/mol. The Hall–Kier alpha value is -1.42. The second kappa shape index (κ2) is 4.93. The lowest BCUT2D eigenvalue weighted by Gasteiger charge is -2.11. The predicted octanol–water partition coefficient (Wildman–Crippen LogP) is 1.88. The van der Waals surface area contributed by atoms with E-state index in [2.05, 4.69) is 16.7 Å². The second-order valence-corrected chi connectivity index (χ2v) is 3.79. The van der Waals surface area contributed by atoms with Crippen molar-refractivity contribution in [2.75, 3.05) is 6.61 Å². The quantitative estimate of drug-likeness (QED) is 0.658. The minimum atomic E-state index is -5.24. The van der Waals surface area contributed by atoms with Crippen molar-refractivity contribution in [1.82, 2.24) is 9.78 Å². The zero-order valence-electron chi connectivity index (χ0n) is 8.88. The summed E-state index contributed by atoms with van der Waals surface area (Å²) in [5.74, 6) is -2.24. The molecule has 0 fully saturated rings. The van der Waals surface area contributed by atoms with Gasteiger partial charge in [-0.25, -0.2) is 4.79 Å². The van der Waals surface area contributed by atoms with Crippen LogP contribution in [0.3, 0.4) is 0 Å². The molecule has 0 aliphatic rings. The van der Waals surface area contributed by atoms with Crippen LogP contribution in [0.4, 0.5) is 22.0 Å². The van der Waals surface area contributed by atoms with Crippen molar-refractivity contribution in [3.63, 3.8) is 0 Å². The zero-order valence-corrected chi connectivity index (χ0v) is 9.64. The van der Waals surface area contributed by atoms with Crippen molar-refractivity contribution in [3.05, 3.63) is 17.0 Å². The van der Waals surface area contributed by atoms with Gasteiger partial charge in [0.2, 0.25) is 0 Å². The predicted molar refractivity (Wildman–Crippen MR) is 51.0 cm³/mol. The number of carboxylic acid groups (broad SMARTS) is 1. The largest absolute Gasteiger partial charge is 0.478 e. The molecule has 0 saturated carbocycles. The number of aromatic carboxylic acids is 1. The van der Waals surface area contributed by atoms with Crippen LogP contribution < -0.4 is 0 Å². The average molecular weight is 309 g/mol. The Balaban J connectivity index is 3.66. The van der Waals surface area contributed by atoms with E-state index < -0.39 is 47.6 Å². The average Bonchev–Trinajstić information content (AvgIpc) is 2.56. The highest BCUT2D eigenvalue weighted by atomic mass is 35.5. The van der Waals surface area contributed by atoms with Crippen molar-refractivity contribution in [1.29, 1.82) is 0 Å². The van der Waals surface area contributed by atoms with Gasteiger partial charge < -0.3 is 10.2 Å². The monoisotopic (exact) mass is 308 g/mol. The molecule has 0 unspecified atom stereocenters. The molecule has 0 spiro atoms. The standard InChI is InChI=1S/C8H6ClF5N2O3/c9-7(10,11)5-3(6(18)19)4(8(12,13)14)15-16(5)1-2-17/h17H,1-2H2,(H,18,19). The molecule has 0 aliphatic heterocycles. The molecule has 19 heavy (non-hydrogen) atoms. The Labute approximate surface area is 107 Å². The number of carboxylic acids is 1. The topological polar surface area (TPSA) is 75.3 Å². The summed E-state index contributed by atoms with van der Waals surface area (Å²) in [7, 11) is 0. The molecule has 0 radical (unpaired) electrons. The first-order chi connectivity index (χ1) is 8.50. The fourth-order valence-corrected chi connectivity index (χ4v) is 1.60. The number of nitrogens with zero attached hydrogens (tertiary/aromatic N) is 2. The number of aliphatic hydroxyl groups is 1. The lowest BCUT2D eigenvalue weighted by Crippen LogP contribution is -2.19. The van der Waals surface area contributed by atoms with Crippen LogP contribution in [-0.2, 0) is 18.1 Å². The SMILES string of the molecule is O=C(O)c1c(C(F)(F)F)nn(CCO)c1C(F)(F)Cl. The molecule has 0 amide bonds. The van der Waals surface area contributed by atoms with Gasteiger partial charge in [0.05, 0.1) is 13.2 Å². The lowest BCUT2D eigenvalue weighted by atomic mass is 10.1. The molecule has 0 atom stereocenters. The summed E-state index contributed by atoms with van der Waals surface area (Å²) >= 11 is 4.61. The Kier molecular flexibility index (Phi) is 4.06. The maximum Gasteiger partial charge on any atom is 0.436 e. The van der Waals surface area contributed by atoms with E-state index in [4.69, 9.17) is 10.2 Å². The molecular formula is C8H6ClF5N2O3. The van der Waals surface area contributed by atoms with E-state index in [1.807, 2.05) is 0 Å². The Morgan fingerprint density at radius 3 is 2.16 bits per heavy atom. The number of alkyl halides is 6. The van der Waals surface area contributed by atoms with E-state index in [9.17, 15) is 26.7 Å². The van der Waals surface area contributed by atoms with Crippen LogP contribution >= 0.6 is 11.6 Å². The Morgan fingerprint density at radius 2 is 1.84 bits per heavy atom. The Morgan fingerprint density at radius 1 is 1.32 bits per heavy atom. The molecule has 0 bridgehead atoms. The van der Waals surface area contributed by atoms with E-state index in [0.29, 0.717) is 0 Å². The molecule has 0 saturated heterocycles. The Bertz CT molecular complexity index is 494. The van der Waals surface area contributed by atoms with Crippen LogP contribution in [0.5, 0.6) is 0 Å². The van der Waals surface area contributed by atoms with E-state index in [1.54, 1.807) is 0 Å². The molecule has 1 aromatic heterocycles. The highest BCUT2D eigenvalue weighted by molar-refractivity contribution is 6.22. The third-order valence-corrected chi connectivity index (χ3v) is 2.19. The van der Waals surface area contributed by atoms with Gasteiger partial charge in [0.25, 0.3) is 0 Å². The van der Waals surface area contributed by atoms with Crippen LogP contribution in [0.15, 0.2) is 0 Å². The molecule has 2 N–H and O–H groups in total. The van der Waals surface area contributed by atoms with Crippen LogP contribution in [0, 0.1) is 0 Å². The van der Waals surface area contributed by atoms with Gasteiger partial charge in [-0.2, -0.15) is 27.1 Å². The van der Waals surface area contributed by atoms with Gasteiger partial charge in [0, 0.05) is 0 Å². The first kappa shape index (κ1) is 15.6. The van der Waals surface area contributed by atoms with E-state index >= 15 is 0 Å². The zero-order chi connectivity index (χ0) is 15.0. The van der Waals surface area contributed by atoms with Gasteiger partial charge in [-0.05, 0) is 11.6 Å². The normalized spacial score (nSPS) is 12.8. The number of aromatic nitrogens is 2. The number of rotatable bonds is 4. The number of hydrogen-bond donors (Lipinski definition) is 2. The fourth-order valence-electron chi connectivity index (χ4n) is 1.41. The van der Waals surface area contributed by atoms with E-state index in [0.717, 1.165) is 0 Å². The van der Waals surface area contributed by atoms with Crippen molar-refractivity contribution < 1.29 is 37.0 Å². The molecule has 0 aliphatic carbocycles. The summed E-state index contributed by atoms with van der Waals surface area (Å²) in [4.78, 5) is 10.7. The summed E-state index contributed by atoms with van der Waals surface area (Å²) in [6, 6.07) is 0. The number of carbonyl (C=O) groups is 1. The van der Waals surface area contributed by atoms with E-state index in [-0.39, 0.29) is 4.68 Å². The van der Waals surface area contributed by atoms with Gasteiger partial charge >= 0.3 is 17.5 Å². The van der Waals surface area contributed by atoms with Crippen LogP contribution in [-0.4, -0.2) is 32.6 Å². The van der Waals surface area contributed by atoms with Crippen LogP contribution in [0.2, 0.25) is 0 Å². The fraction of sp³-hybridized carbons (Fsp3) is 0.500. The summed E-state index contributed by atoms with van der Waals surface area (Å²) in [5.41, 5.74) is -5.35. The maximum absolute atomic E-state index is 13.1. The lowest BCUT2D eigenvalue weighted by molar-refractivity contribution is -0.142. The summed E-state index contributed by atoms with van der Waals surface area (Å²) in [5, 5.41) is 15.6. The highest BCUT2D eigenvalue weighted by Crippen LogP contribution is 2.40. The molecule has 1 rings (SSSR count). The first-order valence-corrected chi connectivity index (χ1v) is 4.97. The minimum absolute atomic E-state index is 0.0271. The molecule has 11 heteroatoms. The number of aliphatic hydroxyl groups excluding tert-OH is 1. The van der Waals surface area contributed by atoms with Crippen molar-refractivity contribution in [3.8, 4) is 0 Å². The maximum atomic E-state index is 13.1. The molecule has 1 aromatic rings. The summed E-state index contributed by atoms with van der Waals surface area (Å²) in [6.07, 6.45) is -5.24. The van der Waals surface area contributed by atoms with Gasteiger partial charge in [-0.15, -0.1) is 0 Å². The van der Waals surface area contributed by atoms with Gasteiger partial charge in [-0.1, -0.05) is 0 Å². The third kappa shape index (κ3) is 3.13. The van der Waals surface area contributed by atoms with Crippen molar-refractivity contribution in [2.45, 2.75) is 18.1 Å². The van der Waals surface area contributed by atoms with Crippen molar-refractivity contribution >= 4 is 17.6 Å². The van der Waals surface area contributed by atoms with Crippen molar-refractivity contribution in [2.24, 2.45) is 0 Å². The van der Waals surface area contributed by atoms with Crippen LogP contribution in [0.25, 0.3) is 0 Å². The van der Waals surface area contributed by atoms with Crippen LogP contribution in [0.1, 0.15) is 21.7 Å². The molecule has 5 nitrogen and oxygen atoms in total. The second-order valence-electron chi connectivity index (χ2n) is 3.32. The van der Waals surface area contributed by atoms with Gasteiger partial charge in [0.1, 0.15) is 11.3 Å². The molecule has 108 valence electrons. The number of halogens is 6. The minimum Gasteiger partial charge on any atom is -0.478 e. The smallest absolute Gasteiger partial charge is 0.436 e. The third-order valence-electron chi connectivity index (χ3n) is 2.02. The van der Waals surface area contributed by atoms with Gasteiger partial charge in [-0.3, -0.25) is 4.68 Å². The molecule has 0 aromatic carbocycles. The highest BCUT2D eigenvalue weighted by Gasteiger charge is 2.47. The molecule has 1 heterocycles. The number of hydrogen-bond acceptors (Lipinski definition) is 3. The van der Waals surface area contributed by atoms with Gasteiger partial charge in [0.15, 0.2) is 5.69 Å². The summed E-state index contributed by atoms with van der Waals surface area (Å²) < 4.78 is 63.8. The summed E-state index contributed by atoms with van der Waals surface area (Å²) in [6.45, 7) is -1.58. The first-order valence-electron chi connectivity index (χ1n) is 4.59. The van der Waals surface area contributed by atoms with E-state index in [1.165, 1.54) is 0 Å².